The minimum absolute atomic E-state index is 0.187. The maximum atomic E-state index is 9.49. The van der Waals surface area contributed by atoms with Crippen LogP contribution in [0.2, 0.25) is 0 Å². The Bertz CT molecular complexity index is 443. The van der Waals surface area contributed by atoms with E-state index in [4.69, 9.17) is 0 Å². The van der Waals surface area contributed by atoms with Gasteiger partial charge >= 0.3 is 0 Å². The van der Waals surface area contributed by atoms with Gasteiger partial charge in [0.1, 0.15) is 5.69 Å². The molecule has 78 valence electrons. The number of aromatic hydroxyl groups is 1. The van der Waals surface area contributed by atoms with E-state index in [0.717, 1.165) is 5.56 Å². The van der Waals surface area contributed by atoms with Gasteiger partial charge in [-0.15, -0.1) is 0 Å². The minimum atomic E-state index is 0.187. The van der Waals surface area contributed by atoms with Gasteiger partial charge in [0.25, 0.3) is 0 Å². The van der Waals surface area contributed by atoms with Crippen LogP contribution < -0.4 is 0 Å². The predicted octanol–water partition coefficient (Wildman–Crippen LogP) is 2.91. The van der Waals surface area contributed by atoms with E-state index in [1.165, 1.54) is 11.8 Å². The highest BCUT2D eigenvalue weighted by Crippen LogP contribution is 2.27. The van der Waals surface area contributed by atoms with E-state index in [9.17, 15) is 5.11 Å². The number of rotatable bonds is 2. The van der Waals surface area contributed by atoms with Gasteiger partial charge in [-0.3, -0.25) is 5.10 Å². The fraction of sp³-hybridized carbons (Fsp3) is 0.250. The Balaban J connectivity index is 2.36. The molecule has 0 unspecified atom stereocenters. The molecule has 2 rings (SSSR count). The molecule has 1 aromatic carbocycles. The molecule has 0 saturated carbocycles. The summed E-state index contributed by atoms with van der Waals surface area (Å²) in [5, 5.41) is 16.1. The van der Waals surface area contributed by atoms with Gasteiger partial charge in [-0.05, 0) is 11.5 Å². The first-order chi connectivity index (χ1) is 7.18. The standard InChI is InChI=1S/C12H14N2O/c1-8(2)9-3-5-10(6-4-9)12-11(15)7-13-14-12/h3-8,15H,1-2H3,(H,13,14). The minimum Gasteiger partial charge on any atom is -0.504 e. The van der Waals surface area contributed by atoms with Gasteiger partial charge in [-0.25, -0.2) is 0 Å². The maximum absolute atomic E-state index is 9.49. The molecule has 0 spiro atoms. The lowest BCUT2D eigenvalue weighted by molar-refractivity contribution is 0.477. The van der Waals surface area contributed by atoms with E-state index < -0.39 is 0 Å². The van der Waals surface area contributed by atoms with Crippen LogP contribution in [0.1, 0.15) is 25.3 Å². The van der Waals surface area contributed by atoms with Crippen molar-refractivity contribution in [1.29, 1.82) is 0 Å². The van der Waals surface area contributed by atoms with Gasteiger partial charge in [-0.1, -0.05) is 38.1 Å². The molecule has 1 aromatic heterocycles. The number of hydrogen-bond donors (Lipinski definition) is 2. The molecule has 0 fully saturated rings. The zero-order chi connectivity index (χ0) is 10.8. The molecular formula is C12H14N2O. The zero-order valence-corrected chi connectivity index (χ0v) is 8.86. The van der Waals surface area contributed by atoms with E-state index in [1.807, 2.05) is 12.1 Å². The molecule has 15 heavy (non-hydrogen) atoms. The summed E-state index contributed by atoms with van der Waals surface area (Å²) < 4.78 is 0. The number of benzene rings is 1. The highest BCUT2D eigenvalue weighted by atomic mass is 16.3. The molecule has 0 radical (unpaired) electrons. The number of nitrogens with one attached hydrogen (secondary N) is 1. The average Bonchev–Trinajstić information content (AvgIpc) is 2.65. The number of aromatic amines is 1. The number of nitrogens with zero attached hydrogens (tertiary/aromatic N) is 1. The summed E-state index contributed by atoms with van der Waals surface area (Å²) in [7, 11) is 0. The Morgan fingerprint density at radius 2 is 1.87 bits per heavy atom. The number of aromatic nitrogens is 2. The fourth-order valence-corrected chi connectivity index (χ4v) is 1.52. The predicted molar refractivity (Wildman–Crippen MR) is 59.8 cm³/mol. The van der Waals surface area contributed by atoms with Crippen LogP contribution in [0.5, 0.6) is 5.75 Å². The Kier molecular flexibility index (Phi) is 2.46. The van der Waals surface area contributed by atoms with Gasteiger partial charge in [0.2, 0.25) is 0 Å². The summed E-state index contributed by atoms with van der Waals surface area (Å²) in [5.74, 6) is 0.708. The van der Waals surface area contributed by atoms with Crippen molar-refractivity contribution >= 4 is 0 Å². The summed E-state index contributed by atoms with van der Waals surface area (Å²) in [6.45, 7) is 4.31. The Morgan fingerprint density at radius 1 is 1.20 bits per heavy atom. The third-order valence-corrected chi connectivity index (χ3v) is 2.47. The van der Waals surface area contributed by atoms with Crippen LogP contribution in [-0.2, 0) is 0 Å². The lowest BCUT2D eigenvalue weighted by Gasteiger charge is -2.05. The first-order valence-corrected chi connectivity index (χ1v) is 5.01. The molecule has 3 nitrogen and oxygen atoms in total. The van der Waals surface area contributed by atoms with Crippen LogP contribution >= 0.6 is 0 Å². The monoisotopic (exact) mass is 202 g/mol. The topological polar surface area (TPSA) is 48.9 Å². The lowest BCUT2D eigenvalue weighted by Crippen LogP contribution is -1.87. The van der Waals surface area contributed by atoms with Crippen molar-refractivity contribution in [3.63, 3.8) is 0 Å². The first kappa shape index (κ1) is 9.77. The normalized spacial score (nSPS) is 10.9. The quantitative estimate of drug-likeness (QED) is 0.786. The second kappa shape index (κ2) is 3.77. The molecule has 2 aromatic rings. The summed E-state index contributed by atoms with van der Waals surface area (Å²) in [6, 6.07) is 8.08. The molecule has 1 heterocycles. The molecule has 0 amide bonds. The summed E-state index contributed by atoms with van der Waals surface area (Å²) in [5.41, 5.74) is 2.82. The van der Waals surface area contributed by atoms with Crippen molar-refractivity contribution in [2.24, 2.45) is 0 Å². The fourth-order valence-electron chi connectivity index (χ4n) is 1.52. The van der Waals surface area contributed by atoms with E-state index in [1.54, 1.807) is 0 Å². The van der Waals surface area contributed by atoms with Gasteiger partial charge < -0.3 is 5.11 Å². The van der Waals surface area contributed by atoms with Crippen molar-refractivity contribution in [2.45, 2.75) is 19.8 Å². The Labute approximate surface area is 88.8 Å². The van der Waals surface area contributed by atoms with Crippen molar-refractivity contribution in [2.75, 3.05) is 0 Å². The maximum Gasteiger partial charge on any atom is 0.161 e. The summed E-state index contributed by atoms with van der Waals surface area (Å²) >= 11 is 0. The van der Waals surface area contributed by atoms with E-state index in [0.29, 0.717) is 11.6 Å². The van der Waals surface area contributed by atoms with Crippen LogP contribution in [0, 0.1) is 0 Å². The van der Waals surface area contributed by atoms with E-state index in [2.05, 4.69) is 36.2 Å². The van der Waals surface area contributed by atoms with Gasteiger partial charge in [-0.2, -0.15) is 5.10 Å². The average molecular weight is 202 g/mol. The van der Waals surface area contributed by atoms with Crippen LogP contribution in [0.25, 0.3) is 11.3 Å². The van der Waals surface area contributed by atoms with E-state index in [-0.39, 0.29) is 5.75 Å². The molecule has 0 aliphatic carbocycles. The molecule has 0 atom stereocenters. The van der Waals surface area contributed by atoms with Crippen molar-refractivity contribution in [3.05, 3.63) is 36.0 Å². The molecule has 0 bridgehead atoms. The first-order valence-electron chi connectivity index (χ1n) is 5.01. The lowest BCUT2D eigenvalue weighted by atomic mass is 10.0. The SMILES string of the molecule is CC(C)c1ccc(-c2n[nH]cc2O)cc1. The number of H-pyrrole nitrogens is 1. The van der Waals surface area contributed by atoms with Crippen molar-refractivity contribution < 1.29 is 5.11 Å². The van der Waals surface area contributed by atoms with Gasteiger partial charge in [0.15, 0.2) is 5.75 Å². The Morgan fingerprint density at radius 3 is 2.33 bits per heavy atom. The molecular weight excluding hydrogens is 188 g/mol. The second-order valence-corrected chi connectivity index (χ2v) is 3.90. The number of hydrogen-bond acceptors (Lipinski definition) is 2. The highest BCUT2D eigenvalue weighted by Gasteiger charge is 2.07. The molecule has 2 N–H and O–H groups in total. The third-order valence-electron chi connectivity index (χ3n) is 2.47. The van der Waals surface area contributed by atoms with E-state index >= 15 is 0 Å². The summed E-state index contributed by atoms with van der Waals surface area (Å²) in [6.07, 6.45) is 1.48. The summed E-state index contributed by atoms with van der Waals surface area (Å²) in [4.78, 5) is 0. The molecule has 0 aliphatic heterocycles. The van der Waals surface area contributed by atoms with Crippen LogP contribution in [-0.4, -0.2) is 15.3 Å². The highest BCUT2D eigenvalue weighted by molar-refractivity contribution is 5.65. The zero-order valence-electron chi connectivity index (χ0n) is 8.86. The second-order valence-electron chi connectivity index (χ2n) is 3.90. The van der Waals surface area contributed by atoms with Crippen molar-refractivity contribution in [3.8, 4) is 17.0 Å². The van der Waals surface area contributed by atoms with Crippen LogP contribution in [0.3, 0.4) is 0 Å². The largest absolute Gasteiger partial charge is 0.504 e. The smallest absolute Gasteiger partial charge is 0.161 e. The van der Waals surface area contributed by atoms with Crippen LogP contribution in [0.4, 0.5) is 0 Å². The molecule has 3 heteroatoms. The molecule has 0 aliphatic rings. The third kappa shape index (κ3) is 1.86. The Hall–Kier alpha value is -1.77. The van der Waals surface area contributed by atoms with Crippen molar-refractivity contribution in [1.82, 2.24) is 10.2 Å². The van der Waals surface area contributed by atoms with Gasteiger partial charge in [0, 0.05) is 5.56 Å². The van der Waals surface area contributed by atoms with Gasteiger partial charge in [0.05, 0.1) is 6.20 Å². The van der Waals surface area contributed by atoms with Crippen LogP contribution in [0.15, 0.2) is 30.5 Å². The molecule has 0 saturated heterocycles.